The molecule has 10 nitrogen and oxygen atoms in total. The summed E-state index contributed by atoms with van der Waals surface area (Å²) < 4.78 is 0. The zero-order valence-corrected chi connectivity index (χ0v) is 11.9. The topological polar surface area (TPSA) is 192 Å². The van der Waals surface area contributed by atoms with Gasteiger partial charge in [-0.05, 0) is 0 Å². The molecule has 0 aromatic carbocycles. The van der Waals surface area contributed by atoms with Gasteiger partial charge >= 0.3 is 47.5 Å². The van der Waals surface area contributed by atoms with Crippen LogP contribution in [0.3, 0.4) is 0 Å². The molecule has 0 aliphatic heterocycles. The summed E-state index contributed by atoms with van der Waals surface area (Å²) in [5.74, 6) is -6.46. The van der Waals surface area contributed by atoms with Crippen molar-refractivity contribution in [3.05, 3.63) is 0 Å². The van der Waals surface area contributed by atoms with Crippen molar-refractivity contribution in [2.45, 2.75) is 18.4 Å². The molecule has 104 valence electrons. The molecule has 19 heavy (non-hydrogen) atoms. The van der Waals surface area contributed by atoms with Gasteiger partial charge < -0.3 is 35.4 Å². The molecule has 0 amide bonds. The van der Waals surface area contributed by atoms with E-state index in [0.29, 0.717) is 0 Å². The maximum absolute atomic E-state index is 10.3. The molecule has 0 aliphatic rings. The van der Waals surface area contributed by atoms with Crippen LogP contribution in [0.25, 0.3) is 0 Å². The average Bonchev–Trinajstić information content (AvgIpc) is 2.15. The molecule has 0 aromatic heterocycles. The minimum atomic E-state index is -2.74. The fourth-order valence-corrected chi connectivity index (χ4v) is 0.714. The predicted octanol–water partition coefficient (Wildman–Crippen LogP) is -6.52. The Balaban J connectivity index is -0.000000366. The monoisotopic (exact) mass is 290 g/mol. The van der Waals surface area contributed by atoms with Gasteiger partial charge in [0.15, 0.2) is 5.60 Å². The normalized spacial score (nSPS) is 9.37. The van der Waals surface area contributed by atoms with E-state index in [0.717, 1.165) is 0 Å². The van der Waals surface area contributed by atoms with Crippen LogP contribution in [0.15, 0.2) is 0 Å². The van der Waals surface area contributed by atoms with Crippen LogP contribution in [-0.4, -0.2) is 61.6 Å². The number of hydrogen-bond acceptors (Lipinski definition) is 7. The van der Waals surface area contributed by atoms with E-state index in [-0.39, 0.29) is 29.6 Å². The second-order valence-electron chi connectivity index (χ2n) is 3.01. The van der Waals surface area contributed by atoms with Gasteiger partial charge in [0.1, 0.15) is 0 Å². The Morgan fingerprint density at radius 3 is 1.32 bits per heavy atom. The number of aliphatic carboxylic acids is 4. The van der Waals surface area contributed by atoms with Crippen LogP contribution >= 0.6 is 0 Å². The quantitative estimate of drug-likeness (QED) is 0.293. The van der Waals surface area contributed by atoms with Gasteiger partial charge in [-0.2, -0.15) is 0 Å². The third-order valence-corrected chi connectivity index (χ3v) is 1.41. The summed E-state index contributed by atoms with van der Waals surface area (Å²) in [4.78, 5) is 39.5. The maximum atomic E-state index is 10.3. The van der Waals surface area contributed by atoms with Crippen LogP contribution in [0, 0.1) is 0 Å². The Morgan fingerprint density at radius 2 is 1.21 bits per heavy atom. The third-order valence-electron chi connectivity index (χ3n) is 1.41. The summed E-state index contributed by atoms with van der Waals surface area (Å²) in [6.45, 7) is -0.889. The van der Waals surface area contributed by atoms with Crippen LogP contribution in [0.1, 0.15) is 12.8 Å². The Bertz CT molecular complexity index is 322. The number of carbonyl (C=O) groups excluding carboxylic acids is 1. The number of hydrogen-bond donors (Lipinski definition) is 5. The fourth-order valence-electron chi connectivity index (χ4n) is 0.714. The molecule has 0 aromatic rings. The van der Waals surface area contributed by atoms with Crippen molar-refractivity contribution in [2.75, 3.05) is 6.61 Å². The van der Waals surface area contributed by atoms with Crippen LogP contribution < -0.4 is 34.7 Å². The van der Waals surface area contributed by atoms with E-state index in [4.69, 9.17) is 35.4 Å². The second kappa shape index (κ2) is 10.7. The van der Waals surface area contributed by atoms with Crippen LogP contribution in [-0.2, 0) is 19.2 Å². The minimum absolute atomic E-state index is 0. The van der Waals surface area contributed by atoms with Gasteiger partial charge in [0.2, 0.25) is 0 Å². The summed E-state index contributed by atoms with van der Waals surface area (Å²) in [6, 6.07) is 0. The largest absolute Gasteiger partial charge is 1.00 e. The zero-order valence-electron chi connectivity index (χ0n) is 9.90. The zero-order chi connectivity index (χ0) is 14.9. The van der Waals surface area contributed by atoms with Crippen LogP contribution in [0.2, 0.25) is 0 Å². The molecule has 0 unspecified atom stereocenters. The average molecular weight is 290 g/mol. The summed E-state index contributed by atoms with van der Waals surface area (Å²) >= 11 is 0. The first-order chi connectivity index (χ1) is 8.05. The van der Waals surface area contributed by atoms with Crippen molar-refractivity contribution in [1.29, 1.82) is 0 Å². The van der Waals surface area contributed by atoms with Crippen LogP contribution in [0.4, 0.5) is 0 Å². The van der Waals surface area contributed by atoms with Gasteiger partial charge in [0, 0.05) is 0 Å². The smallest absolute Gasteiger partial charge is 0.548 e. The van der Waals surface area contributed by atoms with Gasteiger partial charge in [0.25, 0.3) is 0 Å². The van der Waals surface area contributed by atoms with Crippen molar-refractivity contribution in [2.24, 2.45) is 0 Å². The predicted molar refractivity (Wildman–Crippen MR) is 49.2 cm³/mol. The van der Waals surface area contributed by atoms with E-state index in [1.54, 1.807) is 0 Å². The van der Waals surface area contributed by atoms with E-state index in [1.807, 2.05) is 0 Å². The van der Waals surface area contributed by atoms with E-state index >= 15 is 0 Å². The van der Waals surface area contributed by atoms with Crippen molar-refractivity contribution in [1.82, 2.24) is 0 Å². The van der Waals surface area contributed by atoms with Gasteiger partial charge in [-0.1, -0.05) is 0 Å². The number of aliphatic hydroxyl groups is 2. The van der Waals surface area contributed by atoms with Gasteiger partial charge in [-0.25, -0.2) is 4.79 Å². The van der Waals surface area contributed by atoms with Gasteiger partial charge in [-0.15, -0.1) is 0 Å². The standard InChI is InChI=1S/C6H8O7.C2H4O3.Na/c7-3(8)1-6(13,5(11)12)2-4(9)10;3-1-2(4)5;/h13H,1-2H2,(H,7,8)(H,9,10)(H,11,12);3H,1H2,(H,4,5);/q;;+1/p-1. The van der Waals surface area contributed by atoms with E-state index < -0.39 is 48.9 Å². The molecule has 5 N–H and O–H groups in total. The van der Waals surface area contributed by atoms with E-state index in [2.05, 4.69) is 0 Å². The Morgan fingerprint density at radius 1 is 0.947 bits per heavy atom. The number of aliphatic hydroxyl groups excluding tert-OH is 1. The Hall–Kier alpha value is -1.20. The Labute approximate surface area is 128 Å². The summed E-state index contributed by atoms with van der Waals surface area (Å²) in [5, 5.41) is 50.3. The Kier molecular flexibility index (Phi) is 12.9. The van der Waals surface area contributed by atoms with Crippen molar-refractivity contribution < 1.29 is 79.4 Å². The molecule has 11 heteroatoms. The maximum Gasteiger partial charge on any atom is 1.00 e. The van der Waals surface area contributed by atoms with Gasteiger partial charge in [-0.3, -0.25) is 9.59 Å². The summed E-state index contributed by atoms with van der Waals surface area (Å²) in [6.07, 6.45) is -2.29. The van der Waals surface area contributed by atoms with Gasteiger partial charge in [0.05, 0.1) is 25.4 Å². The molecule has 0 bridgehead atoms. The first-order valence-corrected chi connectivity index (χ1v) is 4.25. The SMILES string of the molecule is O=C(O)CC(O)(CC(=O)O)C(=O)O.O=C([O-])CO.[Na+]. The number of rotatable bonds is 6. The third kappa shape index (κ3) is 13.0. The molecule has 0 atom stereocenters. The number of carbonyl (C=O) groups is 4. The first-order valence-electron chi connectivity index (χ1n) is 4.25. The molecule has 0 heterocycles. The summed E-state index contributed by atoms with van der Waals surface area (Å²) in [5.41, 5.74) is -2.74. The molecular weight excluding hydrogens is 279 g/mol. The van der Waals surface area contributed by atoms with Crippen molar-refractivity contribution in [3.63, 3.8) is 0 Å². The van der Waals surface area contributed by atoms with Crippen molar-refractivity contribution in [3.8, 4) is 0 Å². The molecule has 0 saturated heterocycles. The van der Waals surface area contributed by atoms with Crippen molar-refractivity contribution >= 4 is 23.9 Å². The second-order valence-corrected chi connectivity index (χ2v) is 3.01. The molecule has 0 fully saturated rings. The van der Waals surface area contributed by atoms with Crippen LogP contribution in [0.5, 0.6) is 0 Å². The molecule has 0 aliphatic carbocycles. The summed E-state index contributed by atoms with van der Waals surface area (Å²) in [7, 11) is 0. The van der Waals surface area contributed by atoms with E-state index in [9.17, 15) is 14.4 Å². The molecule has 0 rings (SSSR count). The molecule has 0 radical (unpaired) electrons. The molecular formula is C8H11NaO10. The number of carboxylic acids is 4. The first kappa shape index (κ1) is 22.9. The fraction of sp³-hybridized carbons (Fsp3) is 0.500. The molecule has 0 spiro atoms. The molecule has 0 saturated carbocycles. The van der Waals surface area contributed by atoms with E-state index in [1.165, 1.54) is 0 Å². The number of carboxylic acid groups (broad SMARTS) is 4. The minimum Gasteiger partial charge on any atom is -0.548 e.